The molecule has 0 aromatic carbocycles. The molecule has 3 rings (SSSR count). The molecule has 17 heavy (non-hydrogen) atoms. The van der Waals surface area contributed by atoms with Crippen molar-refractivity contribution in [2.45, 2.75) is 19.8 Å². The van der Waals surface area contributed by atoms with Crippen LogP contribution in [-0.4, -0.2) is 9.97 Å². The maximum Gasteiger partial charge on any atom is 0.125 e. The van der Waals surface area contributed by atoms with Gasteiger partial charge in [-0.1, -0.05) is 13.8 Å². The molecular formula is C13H12N2S2. The SMILES string of the molecule is CC(C)c1csc(-c2cnc3ccsc3c2)n1. The van der Waals surface area contributed by atoms with Gasteiger partial charge in [-0.15, -0.1) is 22.7 Å². The number of nitrogens with zero attached hydrogens (tertiary/aromatic N) is 2. The second-order valence-electron chi connectivity index (χ2n) is 4.26. The number of thiazole rings is 1. The highest BCUT2D eigenvalue weighted by molar-refractivity contribution is 7.17. The number of hydrogen-bond donors (Lipinski definition) is 0. The Morgan fingerprint density at radius 2 is 2.12 bits per heavy atom. The number of thiophene rings is 1. The van der Waals surface area contributed by atoms with Crippen LogP contribution in [0.4, 0.5) is 0 Å². The molecule has 0 fully saturated rings. The summed E-state index contributed by atoms with van der Waals surface area (Å²) < 4.78 is 1.23. The van der Waals surface area contributed by atoms with E-state index < -0.39 is 0 Å². The summed E-state index contributed by atoms with van der Waals surface area (Å²) in [6, 6.07) is 4.22. The highest BCUT2D eigenvalue weighted by Crippen LogP contribution is 2.29. The molecule has 3 aromatic heterocycles. The molecule has 0 unspecified atom stereocenters. The summed E-state index contributed by atoms with van der Waals surface area (Å²) >= 11 is 3.42. The van der Waals surface area contributed by atoms with E-state index in [1.165, 1.54) is 4.70 Å². The van der Waals surface area contributed by atoms with Gasteiger partial charge in [0.05, 0.1) is 15.9 Å². The average molecular weight is 260 g/mol. The molecule has 0 bridgehead atoms. The van der Waals surface area contributed by atoms with Gasteiger partial charge in [-0.25, -0.2) is 4.98 Å². The summed E-state index contributed by atoms with van der Waals surface area (Å²) in [6.45, 7) is 4.33. The molecule has 4 heteroatoms. The second kappa shape index (κ2) is 4.20. The molecule has 0 N–H and O–H groups in total. The van der Waals surface area contributed by atoms with Gasteiger partial charge in [0.15, 0.2) is 0 Å². The summed E-state index contributed by atoms with van der Waals surface area (Å²) in [5, 5.41) is 5.28. The van der Waals surface area contributed by atoms with E-state index in [0.29, 0.717) is 5.92 Å². The quantitative estimate of drug-likeness (QED) is 0.676. The Balaban J connectivity index is 2.06. The lowest BCUT2D eigenvalue weighted by Crippen LogP contribution is -1.87. The van der Waals surface area contributed by atoms with Gasteiger partial charge in [-0.2, -0.15) is 0 Å². The first kappa shape index (κ1) is 10.9. The fourth-order valence-corrected chi connectivity index (χ4v) is 3.39. The molecule has 2 nitrogen and oxygen atoms in total. The van der Waals surface area contributed by atoms with Crippen LogP contribution in [0, 0.1) is 0 Å². The van der Waals surface area contributed by atoms with Crippen molar-refractivity contribution in [1.82, 2.24) is 9.97 Å². The van der Waals surface area contributed by atoms with Gasteiger partial charge in [0.1, 0.15) is 5.01 Å². The number of rotatable bonds is 2. The Morgan fingerprint density at radius 1 is 1.24 bits per heavy atom. The van der Waals surface area contributed by atoms with Crippen LogP contribution in [0.3, 0.4) is 0 Å². The lowest BCUT2D eigenvalue weighted by Gasteiger charge is -1.98. The lowest BCUT2D eigenvalue weighted by atomic mass is 10.2. The summed E-state index contributed by atoms with van der Waals surface area (Å²) in [6.07, 6.45) is 1.91. The van der Waals surface area contributed by atoms with Crippen LogP contribution < -0.4 is 0 Å². The molecule has 0 aliphatic carbocycles. The molecule has 0 radical (unpaired) electrons. The average Bonchev–Trinajstić information content (AvgIpc) is 2.97. The van der Waals surface area contributed by atoms with Crippen molar-refractivity contribution in [3.8, 4) is 10.6 Å². The van der Waals surface area contributed by atoms with Crippen LogP contribution in [0.1, 0.15) is 25.5 Å². The molecule has 0 saturated heterocycles. The van der Waals surface area contributed by atoms with Crippen LogP contribution in [0.15, 0.2) is 29.1 Å². The second-order valence-corrected chi connectivity index (χ2v) is 6.07. The van der Waals surface area contributed by atoms with Gasteiger partial charge in [-0.3, -0.25) is 4.98 Å². The molecule has 0 amide bonds. The Hall–Kier alpha value is -1.26. The summed E-state index contributed by atoms with van der Waals surface area (Å²) in [5.74, 6) is 0.485. The van der Waals surface area contributed by atoms with Crippen molar-refractivity contribution in [2.24, 2.45) is 0 Å². The number of hydrogen-bond acceptors (Lipinski definition) is 4. The largest absolute Gasteiger partial charge is 0.255 e. The van der Waals surface area contributed by atoms with Crippen LogP contribution >= 0.6 is 22.7 Å². The molecule has 86 valence electrons. The Bertz CT molecular complexity index is 652. The zero-order valence-electron chi connectivity index (χ0n) is 9.68. The van der Waals surface area contributed by atoms with Crippen LogP contribution in [0.25, 0.3) is 20.8 Å². The fraction of sp³-hybridized carbons (Fsp3) is 0.231. The van der Waals surface area contributed by atoms with E-state index in [4.69, 9.17) is 0 Å². The Kier molecular flexibility index (Phi) is 2.68. The summed E-state index contributed by atoms with van der Waals surface area (Å²) in [5.41, 5.74) is 3.35. The Morgan fingerprint density at radius 3 is 2.88 bits per heavy atom. The lowest BCUT2D eigenvalue weighted by molar-refractivity contribution is 0.834. The van der Waals surface area contributed by atoms with Crippen molar-refractivity contribution in [2.75, 3.05) is 0 Å². The van der Waals surface area contributed by atoms with Crippen molar-refractivity contribution in [3.63, 3.8) is 0 Å². The predicted molar refractivity (Wildman–Crippen MR) is 74.8 cm³/mol. The van der Waals surface area contributed by atoms with E-state index in [1.807, 2.05) is 12.3 Å². The zero-order valence-corrected chi connectivity index (χ0v) is 11.3. The zero-order chi connectivity index (χ0) is 11.8. The molecular weight excluding hydrogens is 248 g/mol. The summed E-state index contributed by atoms with van der Waals surface area (Å²) in [7, 11) is 0. The smallest absolute Gasteiger partial charge is 0.125 e. The first-order valence-corrected chi connectivity index (χ1v) is 7.29. The minimum absolute atomic E-state index is 0.485. The van der Waals surface area contributed by atoms with Gasteiger partial charge < -0.3 is 0 Å². The maximum atomic E-state index is 4.65. The molecule has 0 atom stereocenters. The highest BCUT2D eigenvalue weighted by Gasteiger charge is 2.08. The third-order valence-corrected chi connectivity index (χ3v) is 4.43. The van der Waals surface area contributed by atoms with E-state index >= 15 is 0 Å². The third kappa shape index (κ3) is 1.98. The van der Waals surface area contributed by atoms with Gasteiger partial charge in [0.25, 0.3) is 0 Å². The van der Waals surface area contributed by atoms with Crippen LogP contribution in [-0.2, 0) is 0 Å². The van der Waals surface area contributed by atoms with E-state index in [2.05, 4.69) is 40.6 Å². The molecule has 0 aliphatic heterocycles. The van der Waals surface area contributed by atoms with Crippen LogP contribution in [0.5, 0.6) is 0 Å². The monoisotopic (exact) mass is 260 g/mol. The molecule has 0 aliphatic rings. The van der Waals surface area contributed by atoms with E-state index in [0.717, 1.165) is 21.8 Å². The highest BCUT2D eigenvalue weighted by atomic mass is 32.1. The van der Waals surface area contributed by atoms with Gasteiger partial charge in [0.2, 0.25) is 0 Å². The van der Waals surface area contributed by atoms with E-state index in [1.54, 1.807) is 22.7 Å². The van der Waals surface area contributed by atoms with Gasteiger partial charge in [0, 0.05) is 17.1 Å². The number of aromatic nitrogens is 2. The first-order chi connectivity index (χ1) is 8.24. The van der Waals surface area contributed by atoms with E-state index in [-0.39, 0.29) is 0 Å². The first-order valence-electron chi connectivity index (χ1n) is 5.53. The standard InChI is InChI=1S/C13H12N2S2/c1-8(2)11-7-17-13(15-11)9-5-12-10(14-6-9)3-4-16-12/h3-8H,1-2H3. The van der Waals surface area contributed by atoms with Crippen LogP contribution in [0.2, 0.25) is 0 Å². The van der Waals surface area contributed by atoms with Crippen molar-refractivity contribution >= 4 is 32.9 Å². The Labute approximate surface area is 108 Å². The fourth-order valence-electron chi connectivity index (χ4n) is 1.65. The van der Waals surface area contributed by atoms with Crippen molar-refractivity contribution in [3.05, 3.63) is 34.8 Å². The number of pyridine rings is 1. The molecule has 0 saturated carbocycles. The normalized spacial score (nSPS) is 11.5. The van der Waals surface area contributed by atoms with E-state index in [9.17, 15) is 0 Å². The van der Waals surface area contributed by atoms with Crippen molar-refractivity contribution < 1.29 is 0 Å². The van der Waals surface area contributed by atoms with Gasteiger partial charge >= 0.3 is 0 Å². The minimum Gasteiger partial charge on any atom is -0.255 e. The molecule has 0 spiro atoms. The third-order valence-electron chi connectivity index (χ3n) is 2.66. The van der Waals surface area contributed by atoms with Gasteiger partial charge in [-0.05, 0) is 23.4 Å². The topological polar surface area (TPSA) is 25.8 Å². The summed E-state index contributed by atoms with van der Waals surface area (Å²) in [4.78, 5) is 9.10. The number of fused-ring (bicyclic) bond motifs is 1. The van der Waals surface area contributed by atoms with Crippen molar-refractivity contribution in [1.29, 1.82) is 0 Å². The molecule has 3 heterocycles. The molecule has 3 aromatic rings. The predicted octanol–water partition coefficient (Wildman–Crippen LogP) is 4.54. The maximum absolute atomic E-state index is 4.65. The minimum atomic E-state index is 0.485.